The number of allylic oxidation sites excluding steroid dienone is 6. The number of esters is 2. The zero-order chi connectivity index (χ0) is 62.0. The molecule has 4 heterocycles. The van der Waals surface area contributed by atoms with E-state index >= 15 is 0 Å². The highest BCUT2D eigenvalue weighted by molar-refractivity contribution is 6.69. The lowest BCUT2D eigenvalue weighted by atomic mass is 9.78. The number of fused-ring (bicyclic) bond motifs is 3. The summed E-state index contributed by atoms with van der Waals surface area (Å²) >= 11 is 0. The Morgan fingerprint density at radius 2 is 1.55 bits per heavy atom. The maximum atomic E-state index is 14.8. The van der Waals surface area contributed by atoms with Gasteiger partial charge in [-0.3, -0.25) is 24.0 Å². The van der Waals surface area contributed by atoms with Crippen molar-refractivity contribution in [2.24, 2.45) is 40.9 Å². The van der Waals surface area contributed by atoms with Gasteiger partial charge >= 0.3 is 11.9 Å². The third kappa shape index (κ3) is 17.9. The number of hydrogen-bond acceptors (Lipinski definition) is 16. The Kier molecular flexibility index (Phi) is 22.7. The summed E-state index contributed by atoms with van der Waals surface area (Å²) in [6.45, 7) is 24.2. The van der Waals surface area contributed by atoms with Crippen molar-refractivity contribution in [3.63, 3.8) is 0 Å². The first kappa shape index (κ1) is 62.3. The fourth-order valence-corrected chi connectivity index (χ4v) is 12.8. The summed E-state index contributed by atoms with van der Waals surface area (Å²) in [7, 11) is -2.15. The molecule has 0 aromatic heterocycles. The molecule has 3 saturated heterocycles. The van der Waals surface area contributed by atoms with Crippen molar-refractivity contribution in [1.82, 2.24) is 4.90 Å². The van der Waals surface area contributed by atoms with Crippen LogP contribution in [0, 0.1) is 40.9 Å². The van der Waals surface area contributed by atoms with Crippen LogP contribution in [0.3, 0.4) is 0 Å². The third-order valence-electron chi connectivity index (χ3n) is 17.0. The second kappa shape index (κ2) is 29.2. The fraction of sp³-hybridized carbons (Fsp3) is 0.774. The minimum Gasteiger partial charge on any atom is -0.460 e. The maximum absolute atomic E-state index is 14.8. The van der Waals surface area contributed by atoms with Crippen LogP contribution >= 0.6 is 0 Å². The summed E-state index contributed by atoms with van der Waals surface area (Å²) < 4.78 is 78.6. The number of rotatable bonds is 10. The Balaban J connectivity index is 1.51. The summed E-state index contributed by atoms with van der Waals surface area (Å²) in [5.74, 6) is -10.3. The molecule has 80 heavy (non-hydrogen) atoms. The van der Waals surface area contributed by atoms with Crippen LogP contribution in [0.2, 0.25) is 19.6 Å². The largest absolute Gasteiger partial charge is 0.460 e. The first-order chi connectivity index (χ1) is 38.6. The van der Waals surface area contributed by atoms with E-state index in [4.69, 9.17) is 46.4 Å². The molecule has 0 spiro atoms. The Morgan fingerprint density at radius 3 is 2.20 bits per heavy atom. The number of Topliss-reactive ketones (excluding diaryl/α,β-unsaturated/α-hetero) is 3. The highest BCUT2D eigenvalue weighted by atomic mass is 28.4. The van der Waals surface area contributed by atoms with E-state index in [0.717, 1.165) is 10.5 Å². The molecule has 18 heteroatoms. The highest BCUT2D eigenvalue weighted by Crippen LogP contribution is 2.40. The lowest BCUT2D eigenvalue weighted by molar-refractivity contribution is -0.283. The van der Waals surface area contributed by atoms with Gasteiger partial charge < -0.3 is 52.3 Å². The number of carbonyl (C=O) groups excluding carboxylic acids is 6. The molecule has 17 nitrogen and oxygen atoms in total. The summed E-state index contributed by atoms with van der Waals surface area (Å²) in [5, 5.41) is 12.1. The van der Waals surface area contributed by atoms with Crippen molar-refractivity contribution in [2.45, 2.75) is 226 Å². The molecule has 0 unspecified atom stereocenters. The number of hydrogen-bond donors (Lipinski definition) is 1. The number of ketones is 3. The van der Waals surface area contributed by atoms with Crippen LogP contribution < -0.4 is 0 Å². The van der Waals surface area contributed by atoms with Crippen LogP contribution in [0.15, 0.2) is 47.6 Å². The molecule has 4 fully saturated rings. The second-order valence-corrected chi connectivity index (χ2v) is 30.1. The number of ether oxygens (including phenoxy) is 8. The third-order valence-corrected chi connectivity index (χ3v) is 17.9. The zero-order valence-corrected chi connectivity index (χ0v) is 51.7. The van der Waals surface area contributed by atoms with Crippen LogP contribution in [-0.4, -0.2) is 155 Å². The predicted molar refractivity (Wildman–Crippen MR) is 305 cm³/mol. The van der Waals surface area contributed by atoms with Gasteiger partial charge in [0.05, 0.1) is 41.7 Å². The molecule has 1 amide bonds. The second-order valence-electron chi connectivity index (χ2n) is 25.6. The summed E-state index contributed by atoms with van der Waals surface area (Å²) in [6, 6.07) is -1.24. The number of nitrogens with zero attached hydrogens (tertiary/aromatic N) is 1. The molecule has 0 aromatic carbocycles. The van der Waals surface area contributed by atoms with E-state index in [-0.39, 0.29) is 75.3 Å². The predicted octanol–water partition coefficient (Wildman–Crippen LogP) is 9.38. The molecular formula is C62H99NO16Si. The van der Waals surface area contributed by atoms with Gasteiger partial charge in [0.25, 0.3) is 11.7 Å². The molecule has 1 aliphatic carbocycles. The fourth-order valence-electron chi connectivity index (χ4n) is 11.8. The van der Waals surface area contributed by atoms with E-state index in [1.807, 2.05) is 84.6 Å². The summed E-state index contributed by atoms with van der Waals surface area (Å²) in [4.78, 5) is 87.9. The van der Waals surface area contributed by atoms with Crippen molar-refractivity contribution < 1.29 is 80.3 Å². The first-order valence-electron chi connectivity index (χ1n) is 30.7. The van der Waals surface area contributed by atoms with Crippen LogP contribution in [0.1, 0.15) is 150 Å². The number of aliphatic hydroxyl groups is 1. The van der Waals surface area contributed by atoms with Gasteiger partial charge in [-0.15, -0.1) is 0 Å². The van der Waals surface area contributed by atoms with Crippen LogP contribution in [0.4, 0.5) is 0 Å². The molecule has 15 atom stereocenters. The van der Waals surface area contributed by atoms with Crippen molar-refractivity contribution in [3.05, 3.63) is 47.6 Å². The molecule has 4 aliphatic heterocycles. The highest BCUT2D eigenvalue weighted by Gasteiger charge is 2.53. The Hall–Kier alpha value is -3.72. The van der Waals surface area contributed by atoms with Crippen molar-refractivity contribution >= 4 is 43.5 Å². The van der Waals surface area contributed by atoms with E-state index in [1.165, 1.54) is 7.11 Å². The molecule has 1 N–H and O–H groups in total. The lowest BCUT2D eigenvalue weighted by Crippen LogP contribution is -2.61. The minimum absolute atomic E-state index is 0.0114. The molecule has 0 aromatic rings. The maximum Gasteiger partial charge on any atom is 0.329 e. The van der Waals surface area contributed by atoms with E-state index in [1.54, 1.807) is 47.8 Å². The van der Waals surface area contributed by atoms with E-state index in [2.05, 4.69) is 0 Å². The molecule has 5 aliphatic rings. The lowest BCUT2D eigenvalue weighted by Gasteiger charge is -2.43. The molecule has 1 saturated carbocycles. The number of carbonyl (C=O) groups is 6. The molecular weight excluding hydrogens is 1040 g/mol. The van der Waals surface area contributed by atoms with Crippen LogP contribution in [-0.2, 0) is 71.1 Å². The molecule has 0 radical (unpaired) electrons. The Bertz CT molecular complexity index is 2370. The van der Waals surface area contributed by atoms with Gasteiger partial charge in [-0.2, -0.15) is 0 Å². The monoisotopic (exact) mass is 1140 g/mol. The van der Waals surface area contributed by atoms with Gasteiger partial charge in [0.1, 0.15) is 35.6 Å². The molecule has 5 rings (SSSR count). The molecule has 452 valence electrons. The average Bonchev–Trinajstić information content (AvgIpc) is 3.47. The standard InChI is InChI=1S/C62H99NO16Si/c1-38-22-18-17-19-23-39(2)50(71-11)34-46-27-25-44(7)62(70,78-46)56(66)57(67)63-29-21-20-24-47(63)58(68)76-51(35-48(64)40(3)31-43(6)54(79-80(14,15)16)55(73-13)53(65)42(5)30-38)41(4)32-45-26-28-49(52(33-45)72-12)77-59(69)61(10)36-74-60(8,9)75-37-61/h17-19,22-23,31,38,40-42,44-47,49-52,54-55,70H,20-21,24-30,32-37H2,1-16H3/b19-17+,22-18+,39-23+,43-31+/t38-,40-,41-,42-,44-,45+,46+,47+,49-,50+,51+,52-,54-,55+,62-/m1/s1/i12D3. The number of piperidine rings is 1. The van der Waals surface area contributed by atoms with Crippen molar-refractivity contribution in [2.75, 3.05) is 41.0 Å². The van der Waals surface area contributed by atoms with Crippen molar-refractivity contribution in [1.29, 1.82) is 0 Å². The average molecular weight is 1150 g/mol. The Morgan fingerprint density at radius 1 is 0.850 bits per heavy atom. The van der Waals surface area contributed by atoms with E-state index < -0.39 is 128 Å². The first-order valence-corrected chi connectivity index (χ1v) is 32.6. The van der Waals surface area contributed by atoms with Gasteiger partial charge in [0.2, 0.25) is 5.79 Å². The van der Waals surface area contributed by atoms with E-state index in [0.29, 0.717) is 50.5 Å². The quantitative estimate of drug-likeness (QED) is 0.0935. The molecule has 2 bridgehead atoms. The normalized spacial score (nSPS) is 38.4. The minimum atomic E-state index is -2.83. The van der Waals surface area contributed by atoms with Gasteiger partial charge in [-0.1, -0.05) is 71.1 Å². The Labute approximate surface area is 482 Å². The number of amides is 1. The van der Waals surface area contributed by atoms with Gasteiger partial charge in [0, 0.05) is 58.4 Å². The van der Waals surface area contributed by atoms with Gasteiger partial charge in [-0.25, -0.2) is 4.79 Å². The van der Waals surface area contributed by atoms with Crippen molar-refractivity contribution in [3.8, 4) is 0 Å². The number of cyclic esters (lactones) is 1. The van der Waals surface area contributed by atoms with Gasteiger partial charge in [-0.05, 0) is 147 Å². The van der Waals surface area contributed by atoms with E-state index in [9.17, 15) is 33.9 Å². The zero-order valence-electron chi connectivity index (χ0n) is 53.7. The summed E-state index contributed by atoms with van der Waals surface area (Å²) in [6.07, 6.45) is 9.22. The van der Waals surface area contributed by atoms with Gasteiger partial charge in [0.15, 0.2) is 19.9 Å². The van der Waals surface area contributed by atoms with Crippen LogP contribution in [0.5, 0.6) is 0 Å². The topological polar surface area (TPSA) is 209 Å². The summed E-state index contributed by atoms with van der Waals surface area (Å²) in [5.41, 5.74) is 0.333. The SMILES string of the molecule is [2H]C([2H])([2H])O[C@@H]1C[C@H](C[C@@H](C)[C@@H]2CC(=O)[C@H](C)/C=C(\C)[C@@H](O[Si](C)(C)C)[C@@H](OC)C(=O)[C@H](C)C[C@H](C)/C=C/C=C/C=C(\C)[C@@H](OC)C[C@@H]3CC[C@@H](C)[C@@](O)(O3)C(=O)C(=O)N3CCCC[C@H]3C(=O)O2)CC[C@H]1OC(=O)C1(C)COC(C)(C)OC1. The van der Waals surface area contributed by atoms with Crippen LogP contribution in [0.25, 0.3) is 0 Å². The smallest absolute Gasteiger partial charge is 0.329 e. The number of methoxy groups -OCH3 is 3.